The highest BCUT2D eigenvalue weighted by atomic mass is 14.1. The topological polar surface area (TPSA) is 0 Å². The van der Waals surface area contributed by atoms with Crippen LogP contribution in [0.4, 0.5) is 0 Å². The van der Waals surface area contributed by atoms with E-state index in [1.807, 2.05) is 0 Å². The van der Waals surface area contributed by atoms with Crippen LogP contribution in [0.25, 0.3) is 0 Å². The van der Waals surface area contributed by atoms with E-state index >= 15 is 0 Å². The van der Waals surface area contributed by atoms with Crippen LogP contribution in [0.2, 0.25) is 0 Å². The summed E-state index contributed by atoms with van der Waals surface area (Å²) in [6.07, 6.45) is 33.8. The van der Waals surface area contributed by atoms with Gasteiger partial charge in [0.1, 0.15) is 0 Å². The monoisotopic (exact) mass is 380 g/mol. The zero-order chi connectivity index (χ0) is 19.8. The second-order valence-electron chi connectivity index (χ2n) is 9.22. The Morgan fingerprint density at radius 3 is 0.963 bits per heavy atom. The molecular formula is C27H56. The molecule has 0 aromatic rings. The molecule has 0 nitrogen and oxygen atoms in total. The van der Waals surface area contributed by atoms with Crippen molar-refractivity contribution in [2.75, 3.05) is 0 Å². The minimum absolute atomic E-state index is 1.01. The van der Waals surface area contributed by atoms with Crippen molar-refractivity contribution in [3.05, 3.63) is 0 Å². The first-order valence-electron chi connectivity index (χ1n) is 13.3. The first-order chi connectivity index (χ1) is 13.3. The van der Waals surface area contributed by atoms with Crippen LogP contribution in [-0.4, -0.2) is 0 Å². The molecule has 164 valence electrons. The summed E-state index contributed by atoms with van der Waals surface area (Å²) in [5, 5.41) is 0. The quantitative estimate of drug-likeness (QED) is 0.155. The van der Waals surface area contributed by atoms with Gasteiger partial charge in [0.15, 0.2) is 0 Å². The van der Waals surface area contributed by atoms with E-state index in [1.54, 1.807) is 0 Å². The molecule has 0 saturated carbocycles. The smallest absolute Gasteiger partial charge is 0.0417 e. The van der Waals surface area contributed by atoms with Crippen LogP contribution < -0.4 is 0 Å². The first kappa shape index (κ1) is 27.0. The Balaban J connectivity index is 3.07. The second-order valence-corrected chi connectivity index (χ2v) is 9.22. The molecule has 0 rings (SSSR count). The summed E-state index contributed by atoms with van der Waals surface area (Å²) in [5.41, 5.74) is 0. The maximum absolute atomic E-state index is 2.37. The molecule has 0 heteroatoms. The van der Waals surface area contributed by atoms with E-state index in [0.717, 1.165) is 5.92 Å². The molecule has 1 unspecified atom stereocenters. The van der Waals surface area contributed by atoms with Gasteiger partial charge in [0.2, 0.25) is 0 Å². The van der Waals surface area contributed by atoms with Gasteiger partial charge in [-0.1, -0.05) is 168 Å². The van der Waals surface area contributed by atoms with E-state index in [9.17, 15) is 0 Å². The Kier molecular flexibility index (Phi) is 24.0. The zero-order valence-electron chi connectivity index (χ0n) is 19.8. The molecule has 0 spiro atoms. The second kappa shape index (κ2) is 24.0. The lowest BCUT2D eigenvalue weighted by Gasteiger charge is -2.13. The third-order valence-corrected chi connectivity index (χ3v) is 6.49. The van der Waals surface area contributed by atoms with Gasteiger partial charge >= 0.3 is 0 Å². The number of rotatable bonds is 23. The average Bonchev–Trinajstić information content (AvgIpc) is 2.68. The van der Waals surface area contributed by atoms with E-state index < -0.39 is 0 Å². The predicted molar refractivity (Wildman–Crippen MR) is 127 cm³/mol. The molecule has 0 aliphatic carbocycles. The summed E-state index contributed by atoms with van der Waals surface area (Å²) in [6, 6.07) is 0. The van der Waals surface area contributed by atoms with Gasteiger partial charge in [-0.25, -0.2) is 0 Å². The van der Waals surface area contributed by atoms with Crippen molar-refractivity contribution < 1.29 is 0 Å². The third-order valence-electron chi connectivity index (χ3n) is 6.49. The van der Waals surface area contributed by atoms with Gasteiger partial charge in [0, 0.05) is 0 Å². The van der Waals surface area contributed by atoms with Crippen molar-refractivity contribution in [2.45, 2.75) is 168 Å². The van der Waals surface area contributed by atoms with Crippen molar-refractivity contribution in [1.29, 1.82) is 0 Å². The summed E-state index contributed by atoms with van der Waals surface area (Å²) >= 11 is 0. The first-order valence-corrected chi connectivity index (χ1v) is 13.3. The van der Waals surface area contributed by atoms with Gasteiger partial charge in [-0.2, -0.15) is 0 Å². The van der Waals surface area contributed by atoms with Crippen LogP contribution in [0.3, 0.4) is 0 Å². The maximum Gasteiger partial charge on any atom is -0.0417 e. The number of hydrogen-bond donors (Lipinski definition) is 0. The van der Waals surface area contributed by atoms with Gasteiger partial charge in [0.05, 0.1) is 0 Å². The van der Waals surface area contributed by atoms with Crippen LogP contribution >= 0.6 is 0 Å². The Morgan fingerprint density at radius 2 is 0.667 bits per heavy atom. The minimum atomic E-state index is 1.01. The molecule has 0 heterocycles. The van der Waals surface area contributed by atoms with Crippen LogP contribution in [0, 0.1) is 5.92 Å². The lowest BCUT2D eigenvalue weighted by molar-refractivity contribution is 0.407. The minimum Gasteiger partial charge on any atom is -0.0654 e. The van der Waals surface area contributed by atoms with Crippen molar-refractivity contribution in [3.63, 3.8) is 0 Å². The molecule has 0 amide bonds. The van der Waals surface area contributed by atoms with Gasteiger partial charge < -0.3 is 0 Å². The van der Waals surface area contributed by atoms with E-state index in [4.69, 9.17) is 0 Å². The molecule has 0 bridgehead atoms. The van der Waals surface area contributed by atoms with Crippen molar-refractivity contribution >= 4 is 0 Å². The van der Waals surface area contributed by atoms with E-state index in [2.05, 4.69) is 20.8 Å². The summed E-state index contributed by atoms with van der Waals surface area (Å²) < 4.78 is 0. The highest BCUT2D eigenvalue weighted by Gasteiger charge is 2.04. The lowest BCUT2D eigenvalue weighted by Crippen LogP contribution is -1.97. The normalized spacial score (nSPS) is 12.6. The molecule has 0 aromatic carbocycles. The summed E-state index contributed by atoms with van der Waals surface area (Å²) in [7, 11) is 0. The van der Waals surface area contributed by atoms with E-state index in [-0.39, 0.29) is 0 Å². The summed E-state index contributed by atoms with van der Waals surface area (Å²) in [5.74, 6) is 1.01. The fourth-order valence-corrected chi connectivity index (χ4v) is 4.47. The summed E-state index contributed by atoms with van der Waals surface area (Å²) in [4.78, 5) is 0. The fraction of sp³-hybridized carbons (Fsp3) is 1.00. The number of unbranched alkanes of at least 4 members (excludes halogenated alkanes) is 18. The van der Waals surface area contributed by atoms with Crippen LogP contribution in [0.5, 0.6) is 0 Å². The van der Waals surface area contributed by atoms with E-state index in [0.29, 0.717) is 0 Å². The number of hydrogen-bond acceptors (Lipinski definition) is 0. The van der Waals surface area contributed by atoms with Crippen LogP contribution in [0.15, 0.2) is 0 Å². The molecule has 0 fully saturated rings. The fourth-order valence-electron chi connectivity index (χ4n) is 4.47. The zero-order valence-corrected chi connectivity index (χ0v) is 19.8. The van der Waals surface area contributed by atoms with Crippen LogP contribution in [-0.2, 0) is 0 Å². The molecule has 1 atom stereocenters. The van der Waals surface area contributed by atoms with Gasteiger partial charge in [0.25, 0.3) is 0 Å². The molecule has 0 aliphatic rings. The summed E-state index contributed by atoms with van der Waals surface area (Å²) in [6.45, 7) is 7.01. The third kappa shape index (κ3) is 22.2. The maximum atomic E-state index is 2.37. The van der Waals surface area contributed by atoms with Gasteiger partial charge in [-0.05, 0) is 5.92 Å². The van der Waals surface area contributed by atoms with Crippen molar-refractivity contribution in [2.24, 2.45) is 5.92 Å². The largest absolute Gasteiger partial charge is 0.0654 e. The standard InChI is InChI=1S/C27H56/c1-4-7-8-9-10-11-12-13-14-15-16-17-18-19-20-21-22-23-24-26-27(6-3)25-5-2/h27H,4-26H2,1-3H3. The average molecular weight is 381 g/mol. The molecule has 0 N–H and O–H groups in total. The Bertz CT molecular complexity index is 244. The Labute approximate surface area is 174 Å². The van der Waals surface area contributed by atoms with Crippen molar-refractivity contribution in [3.8, 4) is 0 Å². The molecule has 0 saturated heterocycles. The van der Waals surface area contributed by atoms with Crippen molar-refractivity contribution in [1.82, 2.24) is 0 Å². The highest BCUT2D eigenvalue weighted by Crippen LogP contribution is 2.20. The van der Waals surface area contributed by atoms with Gasteiger partial charge in [-0.15, -0.1) is 0 Å². The lowest BCUT2D eigenvalue weighted by atomic mass is 9.94. The van der Waals surface area contributed by atoms with Gasteiger partial charge in [-0.3, -0.25) is 0 Å². The Morgan fingerprint density at radius 1 is 0.333 bits per heavy atom. The molecular weight excluding hydrogens is 324 g/mol. The molecule has 0 aliphatic heterocycles. The van der Waals surface area contributed by atoms with Crippen LogP contribution in [0.1, 0.15) is 168 Å². The SMILES string of the molecule is CCCCCCCCCCCCCCCCCCCCCC(CC)CCC. The van der Waals surface area contributed by atoms with E-state index in [1.165, 1.54) is 148 Å². The predicted octanol–water partition coefficient (Wildman–Crippen LogP) is 10.6. The Hall–Kier alpha value is 0. The molecule has 0 aromatic heterocycles. The molecule has 0 radical (unpaired) electrons. The molecule has 27 heavy (non-hydrogen) atoms. The highest BCUT2D eigenvalue weighted by molar-refractivity contribution is 4.57.